The predicted molar refractivity (Wildman–Crippen MR) is 101 cm³/mol. The first-order chi connectivity index (χ1) is 12.8. The molecule has 0 bridgehead atoms. The quantitative estimate of drug-likeness (QED) is 0.703. The minimum Gasteiger partial charge on any atom is -0.493 e. The Kier molecular flexibility index (Phi) is 4.86. The van der Waals surface area contributed by atoms with Crippen LogP contribution in [0.5, 0.6) is 5.75 Å². The maximum Gasteiger partial charge on any atom is 0.246 e. The van der Waals surface area contributed by atoms with Crippen molar-refractivity contribution in [3.05, 3.63) is 59.5 Å². The Hall–Kier alpha value is -2.82. The minimum atomic E-state index is 0.514. The van der Waals surface area contributed by atoms with Gasteiger partial charge in [0.25, 0.3) is 0 Å². The molecule has 0 fully saturated rings. The summed E-state index contributed by atoms with van der Waals surface area (Å²) < 4.78 is 11.1. The average molecular weight is 349 g/mol. The summed E-state index contributed by atoms with van der Waals surface area (Å²) in [5.41, 5.74) is 4.91. The second-order valence-corrected chi connectivity index (χ2v) is 6.44. The molecule has 0 aliphatic heterocycles. The number of nitrogens with zero attached hydrogens (tertiary/aromatic N) is 2. The van der Waals surface area contributed by atoms with Gasteiger partial charge in [0, 0.05) is 5.69 Å². The molecule has 5 heteroatoms. The summed E-state index contributed by atoms with van der Waals surface area (Å²) in [6, 6.07) is 14.2. The Balaban J connectivity index is 1.50. The van der Waals surface area contributed by atoms with Crippen LogP contribution < -0.4 is 10.1 Å². The first kappa shape index (κ1) is 16.6. The van der Waals surface area contributed by atoms with Gasteiger partial charge in [0.2, 0.25) is 11.7 Å². The van der Waals surface area contributed by atoms with Gasteiger partial charge < -0.3 is 14.6 Å². The zero-order valence-electron chi connectivity index (χ0n) is 15.0. The Morgan fingerprint density at radius 1 is 1.08 bits per heavy atom. The van der Waals surface area contributed by atoms with Crippen molar-refractivity contribution in [2.45, 2.75) is 39.2 Å². The van der Waals surface area contributed by atoms with Crippen LogP contribution >= 0.6 is 0 Å². The molecule has 0 amide bonds. The summed E-state index contributed by atoms with van der Waals surface area (Å²) in [6.07, 6.45) is 4.84. The van der Waals surface area contributed by atoms with Crippen LogP contribution in [-0.2, 0) is 19.4 Å². The molecule has 0 spiro atoms. The zero-order chi connectivity index (χ0) is 17.8. The number of aryl methyl sites for hydroxylation is 1. The summed E-state index contributed by atoms with van der Waals surface area (Å²) in [6.45, 7) is 3.07. The molecular formula is C21H23N3O2. The van der Waals surface area contributed by atoms with Gasteiger partial charge in [0.05, 0.1) is 18.7 Å². The highest BCUT2D eigenvalue weighted by Gasteiger charge is 2.15. The molecule has 134 valence electrons. The van der Waals surface area contributed by atoms with Gasteiger partial charge in [-0.2, -0.15) is 4.98 Å². The molecule has 26 heavy (non-hydrogen) atoms. The van der Waals surface area contributed by atoms with Crippen LogP contribution in [0.4, 0.5) is 5.69 Å². The molecule has 1 heterocycles. The molecule has 0 unspecified atom stereocenters. The van der Waals surface area contributed by atoms with E-state index in [2.05, 4.69) is 33.7 Å². The van der Waals surface area contributed by atoms with E-state index in [-0.39, 0.29) is 0 Å². The van der Waals surface area contributed by atoms with E-state index < -0.39 is 0 Å². The maximum absolute atomic E-state index is 5.65. The number of hydrogen-bond donors (Lipinski definition) is 1. The highest BCUT2D eigenvalue weighted by Crippen LogP contribution is 2.29. The SMILES string of the molecule is CCOc1ccccc1-c1noc(CNc2cccc3c2CCCC3)n1. The molecule has 2 aromatic carbocycles. The lowest BCUT2D eigenvalue weighted by atomic mass is 9.90. The van der Waals surface area contributed by atoms with E-state index in [0.717, 1.165) is 17.7 Å². The fourth-order valence-corrected chi connectivity index (χ4v) is 3.49. The number of fused-ring (bicyclic) bond motifs is 1. The number of anilines is 1. The highest BCUT2D eigenvalue weighted by atomic mass is 16.5. The van der Waals surface area contributed by atoms with Gasteiger partial charge in [0.15, 0.2) is 0 Å². The Bertz CT molecular complexity index is 888. The van der Waals surface area contributed by atoms with Gasteiger partial charge in [0.1, 0.15) is 5.75 Å². The van der Waals surface area contributed by atoms with Crippen molar-refractivity contribution in [1.82, 2.24) is 10.1 Å². The monoisotopic (exact) mass is 349 g/mol. The number of hydrogen-bond acceptors (Lipinski definition) is 5. The summed E-state index contributed by atoms with van der Waals surface area (Å²) >= 11 is 0. The third kappa shape index (κ3) is 3.43. The van der Waals surface area contributed by atoms with Crippen molar-refractivity contribution in [2.75, 3.05) is 11.9 Å². The summed E-state index contributed by atoms with van der Waals surface area (Å²) in [5, 5.41) is 7.59. The van der Waals surface area contributed by atoms with E-state index >= 15 is 0 Å². The van der Waals surface area contributed by atoms with E-state index in [9.17, 15) is 0 Å². The molecule has 1 N–H and O–H groups in total. The zero-order valence-corrected chi connectivity index (χ0v) is 15.0. The van der Waals surface area contributed by atoms with Crippen molar-refractivity contribution in [2.24, 2.45) is 0 Å². The van der Waals surface area contributed by atoms with Crippen molar-refractivity contribution < 1.29 is 9.26 Å². The van der Waals surface area contributed by atoms with Crippen molar-refractivity contribution in [3.63, 3.8) is 0 Å². The van der Waals surface area contributed by atoms with Gasteiger partial charge >= 0.3 is 0 Å². The summed E-state index contributed by atoms with van der Waals surface area (Å²) in [5.74, 6) is 1.90. The Morgan fingerprint density at radius 2 is 1.96 bits per heavy atom. The van der Waals surface area contributed by atoms with Gasteiger partial charge in [-0.3, -0.25) is 0 Å². The molecule has 1 aromatic heterocycles. The van der Waals surface area contributed by atoms with Crippen LogP contribution in [0, 0.1) is 0 Å². The number of aromatic nitrogens is 2. The third-order valence-corrected chi connectivity index (χ3v) is 4.72. The molecule has 5 nitrogen and oxygen atoms in total. The van der Waals surface area contributed by atoms with Crippen molar-refractivity contribution in [3.8, 4) is 17.1 Å². The number of nitrogens with one attached hydrogen (secondary N) is 1. The van der Waals surface area contributed by atoms with E-state index in [1.54, 1.807) is 0 Å². The molecule has 1 aliphatic carbocycles. The van der Waals surface area contributed by atoms with Gasteiger partial charge in [-0.1, -0.05) is 29.4 Å². The lowest BCUT2D eigenvalue weighted by molar-refractivity contribution is 0.341. The van der Waals surface area contributed by atoms with Gasteiger partial charge in [-0.15, -0.1) is 0 Å². The van der Waals surface area contributed by atoms with Crippen LogP contribution in [-0.4, -0.2) is 16.7 Å². The fourth-order valence-electron chi connectivity index (χ4n) is 3.49. The number of para-hydroxylation sites is 1. The van der Waals surface area contributed by atoms with Crippen LogP contribution in [0.1, 0.15) is 36.8 Å². The lowest BCUT2D eigenvalue weighted by Crippen LogP contribution is -2.08. The molecule has 0 radical (unpaired) electrons. The van der Waals surface area contributed by atoms with Gasteiger partial charge in [-0.25, -0.2) is 0 Å². The first-order valence-electron chi connectivity index (χ1n) is 9.24. The molecule has 0 saturated carbocycles. The number of ether oxygens (including phenoxy) is 1. The van der Waals surface area contributed by atoms with E-state index in [1.807, 2.05) is 31.2 Å². The summed E-state index contributed by atoms with van der Waals surface area (Å²) in [7, 11) is 0. The Morgan fingerprint density at radius 3 is 2.88 bits per heavy atom. The predicted octanol–water partition coefficient (Wildman–Crippen LogP) is 4.63. The molecule has 0 saturated heterocycles. The Labute approximate surface area is 153 Å². The lowest BCUT2D eigenvalue weighted by Gasteiger charge is -2.19. The van der Waals surface area contributed by atoms with Crippen LogP contribution in [0.3, 0.4) is 0 Å². The number of rotatable bonds is 6. The normalized spacial score (nSPS) is 13.3. The molecule has 3 aromatic rings. The third-order valence-electron chi connectivity index (χ3n) is 4.72. The van der Waals surface area contributed by atoms with Crippen molar-refractivity contribution >= 4 is 5.69 Å². The van der Waals surface area contributed by atoms with Gasteiger partial charge in [-0.05, 0) is 61.9 Å². The topological polar surface area (TPSA) is 60.2 Å². The highest BCUT2D eigenvalue weighted by molar-refractivity contribution is 5.63. The maximum atomic E-state index is 5.65. The minimum absolute atomic E-state index is 0.514. The van der Waals surface area contributed by atoms with Crippen LogP contribution in [0.2, 0.25) is 0 Å². The van der Waals surface area contributed by atoms with Crippen LogP contribution in [0.15, 0.2) is 47.0 Å². The standard InChI is InChI=1S/C21H23N3O2/c1-2-25-19-13-6-5-11-17(19)21-23-20(26-24-21)14-22-18-12-7-9-15-8-3-4-10-16(15)18/h5-7,9,11-13,22H,2-4,8,10,14H2,1H3. The van der Waals surface area contributed by atoms with E-state index in [1.165, 1.54) is 36.1 Å². The smallest absolute Gasteiger partial charge is 0.246 e. The largest absolute Gasteiger partial charge is 0.493 e. The van der Waals surface area contributed by atoms with E-state index in [0.29, 0.717) is 24.9 Å². The first-order valence-corrected chi connectivity index (χ1v) is 9.24. The molecular weight excluding hydrogens is 326 g/mol. The molecule has 4 rings (SSSR count). The molecule has 0 atom stereocenters. The van der Waals surface area contributed by atoms with Crippen molar-refractivity contribution in [1.29, 1.82) is 0 Å². The average Bonchev–Trinajstić information content (AvgIpc) is 3.16. The molecule has 1 aliphatic rings. The van der Waals surface area contributed by atoms with E-state index in [4.69, 9.17) is 9.26 Å². The second kappa shape index (κ2) is 7.60. The van der Waals surface area contributed by atoms with Crippen LogP contribution in [0.25, 0.3) is 11.4 Å². The fraction of sp³-hybridized carbons (Fsp3) is 0.333. The summed E-state index contributed by atoms with van der Waals surface area (Å²) in [4.78, 5) is 4.53. The number of benzene rings is 2. The second-order valence-electron chi connectivity index (χ2n) is 6.44.